The zero-order valence-corrected chi connectivity index (χ0v) is 16.8. The molecule has 6 nitrogen and oxygen atoms in total. The molecular weight excluding hydrogens is 354 g/mol. The maximum atomic E-state index is 12.6. The van der Waals surface area contributed by atoms with Gasteiger partial charge in [-0.05, 0) is 42.4 Å². The van der Waals surface area contributed by atoms with Gasteiger partial charge in [-0.2, -0.15) is 0 Å². The van der Waals surface area contributed by atoms with Gasteiger partial charge in [-0.25, -0.2) is 4.79 Å². The third-order valence-electron chi connectivity index (χ3n) is 5.76. The van der Waals surface area contributed by atoms with Crippen LogP contribution >= 0.6 is 0 Å². The van der Waals surface area contributed by atoms with Gasteiger partial charge in [-0.15, -0.1) is 0 Å². The summed E-state index contributed by atoms with van der Waals surface area (Å²) in [7, 11) is 0. The van der Waals surface area contributed by atoms with Crippen LogP contribution in [0.25, 0.3) is 5.57 Å². The lowest BCUT2D eigenvalue weighted by Crippen LogP contribution is -2.70. The molecule has 152 valence electrons. The number of nitrogens with one attached hydrogen (secondary N) is 2. The van der Waals surface area contributed by atoms with Crippen molar-refractivity contribution in [2.24, 2.45) is 0 Å². The van der Waals surface area contributed by atoms with Crippen LogP contribution in [0, 0.1) is 0 Å². The van der Waals surface area contributed by atoms with Crippen molar-refractivity contribution in [3.05, 3.63) is 41.5 Å². The van der Waals surface area contributed by atoms with E-state index in [9.17, 15) is 14.7 Å². The molecule has 0 spiro atoms. The minimum atomic E-state index is -0.285. The Morgan fingerprint density at radius 1 is 1.18 bits per heavy atom. The molecule has 0 saturated carbocycles. The molecule has 1 aliphatic carbocycles. The maximum Gasteiger partial charge on any atom is 0.318 e. The molecule has 3 rings (SSSR count). The van der Waals surface area contributed by atoms with Gasteiger partial charge in [0.15, 0.2) is 0 Å². The minimum absolute atomic E-state index is 0.00386. The molecule has 1 fully saturated rings. The number of aliphatic hydroxyl groups excluding tert-OH is 1. The number of benzene rings is 1. The molecule has 3 amide bonds. The molecule has 2 aliphatic rings. The van der Waals surface area contributed by atoms with Gasteiger partial charge in [-0.3, -0.25) is 4.79 Å². The standard InChI is InChI=1S/C22H31N3O3/c1-3-12-23-22(28)25-19(13-24-15(2)27)21(20(25)14-26)18-10-8-17(9-11-18)16-6-4-5-7-16/h6,8-11,19-21,26H,3-5,7,12-14H2,1-2H3,(H,23,28)(H,24,27)/t19-,20+,21+/m1/s1. The molecule has 0 aromatic heterocycles. The number of rotatable bonds is 7. The van der Waals surface area contributed by atoms with Crippen LogP contribution in [-0.4, -0.2) is 53.7 Å². The summed E-state index contributed by atoms with van der Waals surface area (Å²) in [6.45, 7) is 4.34. The third kappa shape index (κ3) is 4.22. The van der Waals surface area contributed by atoms with Gasteiger partial charge in [0.05, 0.1) is 18.7 Å². The Bertz CT molecular complexity index is 729. The number of amides is 3. The summed E-state index contributed by atoms with van der Waals surface area (Å²) < 4.78 is 0. The van der Waals surface area contributed by atoms with Crippen molar-refractivity contribution in [2.45, 2.75) is 57.5 Å². The second kappa shape index (κ2) is 9.24. The highest BCUT2D eigenvalue weighted by Gasteiger charge is 2.51. The maximum absolute atomic E-state index is 12.6. The molecule has 28 heavy (non-hydrogen) atoms. The molecule has 6 heteroatoms. The summed E-state index contributed by atoms with van der Waals surface area (Å²) in [4.78, 5) is 25.7. The highest BCUT2D eigenvalue weighted by Crippen LogP contribution is 2.41. The normalized spacial score (nSPS) is 23.8. The van der Waals surface area contributed by atoms with Crippen molar-refractivity contribution in [1.82, 2.24) is 15.5 Å². The minimum Gasteiger partial charge on any atom is -0.394 e. The van der Waals surface area contributed by atoms with Crippen molar-refractivity contribution in [2.75, 3.05) is 19.7 Å². The van der Waals surface area contributed by atoms with E-state index in [0.29, 0.717) is 13.1 Å². The fraction of sp³-hybridized carbons (Fsp3) is 0.545. The molecule has 0 unspecified atom stereocenters. The quantitative estimate of drug-likeness (QED) is 0.675. The summed E-state index contributed by atoms with van der Waals surface area (Å²) in [6.07, 6.45) is 6.63. The Morgan fingerprint density at radius 2 is 1.93 bits per heavy atom. The van der Waals surface area contributed by atoms with Gasteiger partial charge in [0, 0.05) is 25.9 Å². The number of allylic oxidation sites excluding steroid dienone is 2. The van der Waals surface area contributed by atoms with Gasteiger partial charge >= 0.3 is 6.03 Å². The summed E-state index contributed by atoms with van der Waals surface area (Å²) in [5.41, 5.74) is 3.74. The van der Waals surface area contributed by atoms with E-state index in [-0.39, 0.29) is 36.5 Å². The lowest BCUT2D eigenvalue weighted by molar-refractivity contribution is -0.119. The third-order valence-corrected chi connectivity index (χ3v) is 5.76. The Kier molecular flexibility index (Phi) is 6.73. The molecule has 1 heterocycles. The number of hydrogen-bond donors (Lipinski definition) is 3. The first-order valence-corrected chi connectivity index (χ1v) is 10.3. The zero-order valence-electron chi connectivity index (χ0n) is 16.8. The summed E-state index contributed by atoms with van der Waals surface area (Å²) in [6, 6.07) is 7.84. The number of likely N-dealkylation sites (tertiary alicyclic amines) is 1. The van der Waals surface area contributed by atoms with Crippen LogP contribution in [0.2, 0.25) is 0 Å². The lowest BCUT2D eigenvalue weighted by Gasteiger charge is -2.54. The van der Waals surface area contributed by atoms with E-state index < -0.39 is 0 Å². The molecule has 1 aliphatic heterocycles. The van der Waals surface area contributed by atoms with E-state index in [2.05, 4.69) is 41.0 Å². The van der Waals surface area contributed by atoms with Gasteiger partial charge < -0.3 is 20.6 Å². The molecule has 1 aromatic rings. The van der Waals surface area contributed by atoms with E-state index in [1.807, 2.05) is 6.92 Å². The average Bonchev–Trinajstić information content (AvgIpc) is 3.21. The molecule has 0 bridgehead atoms. The van der Waals surface area contributed by atoms with E-state index in [4.69, 9.17) is 0 Å². The first-order valence-electron chi connectivity index (χ1n) is 10.3. The number of nitrogens with zero attached hydrogens (tertiary/aromatic N) is 1. The van der Waals surface area contributed by atoms with Crippen LogP contribution < -0.4 is 10.6 Å². The molecule has 3 N–H and O–H groups in total. The van der Waals surface area contributed by atoms with Gasteiger partial charge in [0.2, 0.25) is 5.91 Å². The Hall–Kier alpha value is -2.34. The van der Waals surface area contributed by atoms with E-state index in [1.54, 1.807) is 4.90 Å². The molecule has 0 radical (unpaired) electrons. The predicted octanol–water partition coefficient (Wildman–Crippen LogP) is 2.64. The van der Waals surface area contributed by atoms with Crippen molar-refractivity contribution in [3.8, 4) is 0 Å². The summed E-state index contributed by atoms with van der Waals surface area (Å²) >= 11 is 0. The van der Waals surface area contributed by atoms with E-state index >= 15 is 0 Å². The predicted molar refractivity (Wildman–Crippen MR) is 110 cm³/mol. The Labute approximate surface area is 167 Å². The van der Waals surface area contributed by atoms with Crippen molar-refractivity contribution < 1.29 is 14.7 Å². The van der Waals surface area contributed by atoms with Crippen LogP contribution in [0.4, 0.5) is 4.79 Å². The van der Waals surface area contributed by atoms with Crippen molar-refractivity contribution >= 4 is 17.5 Å². The highest BCUT2D eigenvalue weighted by atomic mass is 16.3. The van der Waals surface area contributed by atoms with Gasteiger partial charge in [-0.1, -0.05) is 37.3 Å². The van der Waals surface area contributed by atoms with Crippen LogP contribution in [0.1, 0.15) is 56.6 Å². The Balaban J connectivity index is 1.79. The molecule has 1 saturated heterocycles. The van der Waals surface area contributed by atoms with Crippen molar-refractivity contribution in [3.63, 3.8) is 0 Å². The first-order chi connectivity index (χ1) is 13.6. The SMILES string of the molecule is CCCNC(=O)N1[C@H](CNC(C)=O)[C@H](c2ccc(C3=CCCC3)cc2)[C@@H]1CO. The molecular formula is C22H31N3O3. The van der Waals surface area contributed by atoms with E-state index in [0.717, 1.165) is 24.8 Å². The first kappa shape index (κ1) is 20.4. The number of hydrogen-bond acceptors (Lipinski definition) is 3. The summed E-state index contributed by atoms with van der Waals surface area (Å²) in [5, 5.41) is 15.7. The summed E-state index contributed by atoms with van der Waals surface area (Å²) in [5.74, 6) is -0.125. The van der Waals surface area contributed by atoms with Gasteiger partial charge in [0.25, 0.3) is 0 Å². The number of aliphatic hydroxyl groups is 1. The largest absolute Gasteiger partial charge is 0.394 e. The lowest BCUT2D eigenvalue weighted by atomic mass is 9.75. The second-order valence-corrected chi connectivity index (χ2v) is 7.66. The number of urea groups is 1. The number of carbonyl (C=O) groups is 2. The van der Waals surface area contributed by atoms with Crippen LogP contribution in [0.3, 0.4) is 0 Å². The van der Waals surface area contributed by atoms with Crippen LogP contribution in [-0.2, 0) is 4.79 Å². The average molecular weight is 386 g/mol. The van der Waals surface area contributed by atoms with E-state index in [1.165, 1.54) is 24.5 Å². The monoisotopic (exact) mass is 385 g/mol. The highest BCUT2D eigenvalue weighted by molar-refractivity contribution is 5.77. The topological polar surface area (TPSA) is 81.7 Å². The smallest absolute Gasteiger partial charge is 0.318 e. The van der Waals surface area contributed by atoms with Crippen molar-refractivity contribution in [1.29, 1.82) is 0 Å². The second-order valence-electron chi connectivity index (χ2n) is 7.66. The Morgan fingerprint density at radius 3 is 2.50 bits per heavy atom. The fourth-order valence-electron chi connectivity index (χ4n) is 4.34. The van der Waals surface area contributed by atoms with Crippen LogP contribution in [0.15, 0.2) is 30.3 Å². The molecule has 1 aromatic carbocycles. The van der Waals surface area contributed by atoms with Crippen LogP contribution in [0.5, 0.6) is 0 Å². The fourth-order valence-corrected chi connectivity index (χ4v) is 4.34. The van der Waals surface area contributed by atoms with Gasteiger partial charge in [0.1, 0.15) is 0 Å². The number of carbonyl (C=O) groups excluding carboxylic acids is 2. The molecule has 3 atom stereocenters. The zero-order chi connectivity index (χ0) is 20.1.